The zero-order valence-electron chi connectivity index (χ0n) is 13.1. The third-order valence-corrected chi connectivity index (χ3v) is 3.00. The molecule has 0 spiro atoms. The first-order valence-electron chi connectivity index (χ1n) is 7.02. The topological polar surface area (TPSA) is 58.6 Å². The van der Waals surface area contributed by atoms with Crippen molar-refractivity contribution in [2.24, 2.45) is 0 Å². The first kappa shape index (κ1) is 17.2. The van der Waals surface area contributed by atoms with Gasteiger partial charge in [-0.2, -0.15) is 0 Å². The van der Waals surface area contributed by atoms with Crippen LogP contribution in [0.4, 0.5) is 0 Å². The van der Waals surface area contributed by atoms with Gasteiger partial charge in [-0.3, -0.25) is 4.79 Å². The summed E-state index contributed by atoms with van der Waals surface area (Å²) >= 11 is 0. The summed E-state index contributed by atoms with van der Waals surface area (Å²) in [5, 5.41) is 11.6. The van der Waals surface area contributed by atoms with Crippen molar-refractivity contribution in [3.8, 4) is 11.8 Å². The van der Waals surface area contributed by atoms with Gasteiger partial charge in [-0.1, -0.05) is 17.9 Å². The van der Waals surface area contributed by atoms with Crippen molar-refractivity contribution < 1.29 is 14.6 Å². The molecule has 0 fully saturated rings. The van der Waals surface area contributed by atoms with Crippen LogP contribution in [0.1, 0.15) is 42.3 Å². The monoisotopic (exact) mass is 289 g/mol. The van der Waals surface area contributed by atoms with E-state index in [4.69, 9.17) is 9.84 Å². The predicted octanol–water partition coefficient (Wildman–Crippen LogP) is 1.88. The van der Waals surface area contributed by atoms with Crippen molar-refractivity contribution >= 4 is 5.91 Å². The van der Waals surface area contributed by atoms with Crippen LogP contribution in [0.25, 0.3) is 0 Å². The molecular formula is C17H23NO3. The Kier molecular flexibility index (Phi) is 6.41. The number of aliphatic hydroxyl groups excluding tert-OH is 1. The van der Waals surface area contributed by atoms with E-state index in [0.29, 0.717) is 24.3 Å². The molecule has 1 amide bonds. The summed E-state index contributed by atoms with van der Waals surface area (Å²) < 4.78 is 5.56. The Morgan fingerprint density at radius 2 is 2.14 bits per heavy atom. The zero-order chi connectivity index (χ0) is 15.9. The molecule has 1 rings (SSSR count). The fourth-order valence-electron chi connectivity index (χ4n) is 1.92. The third-order valence-electron chi connectivity index (χ3n) is 3.00. The van der Waals surface area contributed by atoms with Crippen molar-refractivity contribution in [1.82, 2.24) is 5.32 Å². The number of hydrogen-bond donors (Lipinski definition) is 2. The van der Waals surface area contributed by atoms with E-state index in [1.807, 2.05) is 39.8 Å². The summed E-state index contributed by atoms with van der Waals surface area (Å²) in [5.74, 6) is 5.24. The van der Waals surface area contributed by atoms with Gasteiger partial charge in [0.15, 0.2) is 0 Å². The predicted molar refractivity (Wildman–Crippen MR) is 83.2 cm³/mol. The first-order valence-corrected chi connectivity index (χ1v) is 7.02. The molecule has 0 aliphatic carbocycles. The average molecular weight is 289 g/mol. The molecule has 114 valence electrons. The van der Waals surface area contributed by atoms with Gasteiger partial charge in [0.05, 0.1) is 5.60 Å². The minimum Gasteiger partial charge on any atom is -0.384 e. The molecule has 1 aromatic rings. The molecule has 4 nitrogen and oxygen atoms in total. The van der Waals surface area contributed by atoms with Crippen molar-refractivity contribution in [3.63, 3.8) is 0 Å². The summed E-state index contributed by atoms with van der Waals surface area (Å²) in [5.41, 5.74) is 1.79. The quantitative estimate of drug-likeness (QED) is 0.814. The van der Waals surface area contributed by atoms with Gasteiger partial charge in [-0.15, -0.1) is 0 Å². The molecule has 0 aliphatic rings. The second-order valence-corrected chi connectivity index (χ2v) is 5.36. The largest absolute Gasteiger partial charge is 0.384 e. The highest BCUT2D eigenvalue weighted by molar-refractivity contribution is 5.96. The van der Waals surface area contributed by atoms with Gasteiger partial charge in [-0.25, -0.2) is 0 Å². The maximum atomic E-state index is 12.3. The number of carbonyl (C=O) groups is 1. The van der Waals surface area contributed by atoms with Crippen LogP contribution < -0.4 is 5.32 Å². The van der Waals surface area contributed by atoms with Crippen molar-refractivity contribution in [1.29, 1.82) is 0 Å². The van der Waals surface area contributed by atoms with Gasteiger partial charge in [0, 0.05) is 24.3 Å². The highest BCUT2D eigenvalue weighted by atomic mass is 16.5. The van der Waals surface area contributed by atoms with Crippen LogP contribution in [0, 0.1) is 18.8 Å². The maximum Gasteiger partial charge on any atom is 0.251 e. The molecule has 2 N–H and O–H groups in total. The summed E-state index contributed by atoms with van der Waals surface area (Å²) in [6.07, 6.45) is 0. The number of aliphatic hydroxyl groups is 1. The minimum absolute atomic E-state index is 0.145. The summed E-state index contributed by atoms with van der Waals surface area (Å²) in [6.45, 7) is 8.53. The maximum absolute atomic E-state index is 12.3. The fourth-order valence-corrected chi connectivity index (χ4v) is 1.92. The SMILES string of the molecule is CCOC(C)(C)CNC(=O)c1cc(C#CCO)ccc1C. The lowest BCUT2D eigenvalue weighted by Crippen LogP contribution is -2.40. The average Bonchev–Trinajstić information content (AvgIpc) is 2.44. The number of aryl methyl sites for hydroxylation is 1. The molecule has 21 heavy (non-hydrogen) atoms. The second-order valence-electron chi connectivity index (χ2n) is 5.36. The van der Waals surface area contributed by atoms with E-state index in [1.54, 1.807) is 6.07 Å². The molecule has 0 heterocycles. The van der Waals surface area contributed by atoms with E-state index in [0.717, 1.165) is 5.56 Å². The lowest BCUT2D eigenvalue weighted by molar-refractivity contribution is -0.00816. The Balaban J connectivity index is 2.82. The van der Waals surface area contributed by atoms with Gasteiger partial charge < -0.3 is 15.2 Å². The number of ether oxygens (including phenoxy) is 1. The van der Waals surface area contributed by atoms with Crippen LogP contribution in [0.2, 0.25) is 0 Å². The molecule has 0 aliphatic heterocycles. The summed E-state index contributed by atoms with van der Waals surface area (Å²) in [6, 6.07) is 5.42. The van der Waals surface area contributed by atoms with E-state index in [9.17, 15) is 4.79 Å². The van der Waals surface area contributed by atoms with E-state index >= 15 is 0 Å². The molecule has 1 aromatic carbocycles. The smallest absolute Gasteiger partial charge is 0.251 e. The second kappa shape index (κ2) is 7.82. The molecule has 0 unspecified atom stereocenters. The lowest BCUT2D eigenvalue weighted by atomic mass is 10.0. The number of hydrogen-bond acceptors (Lipinski definition) is 3. The summed E-state index contributed by atoms with van der Waals surface area (Å²) in [4.78, 5) is 12.3. The van der Waals surface area contributed by atoms with Crippen LogP contribution in [0.15, 0.2) is 18.2 Å². The number of amides is 1. The van der Waals surface area contributed by atoms with Crippen molar-refractivity contribution in [2.45, 2.75) is 33.3 Å². The Hall–Kier alpha value is -1.83. The minimum atomic E-state index is -0.396. The summed E-state index contributed by atoms with van der Waals surface area (Å²) in [7, 11) is 0. The normalized spacial score (nSPS) is 10.7. The molecule has 0 saturated heterocycles. The van der Waals surface area contributed by atoms with Crippen LogP contribution in [-0.4, -0.2) is 36.4 Å². The molecule has 0 aromatic heterocycles. The van der Waals surface area contributed by atoms with Crippen molar-refractivity contribution in [2.75, 3.05) is 19.8 Å². The molecule has 0 atom stereocenters. The molecule has 0 bridgehead atoms. The Morgan fingerprint density at radius 3 is 2.76 bits per heavy atom. The number of rotatable bonds is 5. The molecule has 0 radical (unpaired) electrons. The fraction of sp³-hybridized carbons (Fsp3) is 0.471. The van der Waals surface area contributed by atoms with Gasteiger partial charge in [0.1, 0.15) is 6.61 Å². The highest BCUT2D eigenvalue weighted by Crippen LogP contribution is 2.12. The van der Waals surface area contributed by atoms with Crippen LogP contribution in [0.3, 0.4) is 0 Å². The van der Waals surface area contributed by atoms with Gasteiger partial charge in [0.2, 0.25) is 0 Å². The van der Waals surface area contributed by atoms with Gasteiger partial charge in [0.25, 0.3) is 5.91 Å². The van der Waals surface area contributed by atoms with Crippen molar-refractivity contribution in [3.05, 3.63) is 34.9 Å². The van der Waals surface area contributed by atoms with Crippen LogP contribution in [0.5, 0.6) is 0 Å². The molecule has 0 saturated carbocycles. The van der Waals surface area contributed by atoms with E-state index in [1.165, 1.54) is 0 Å². The van der Waals surface area contributed by atoms with Crippen LogP contribution in [-0.2, 0) is 4.74 Å². The number of benzene rings is 1. The van der Waals surface area contributed by atoms with E-state index in [-0.39, 0.29) is 12.5 Å². The molecular weight excluding hydrogens is 266 g/mol. The number of carbonyl (C=O) groups excluding carboxylic acids is 1. The Morgan fingerprint density at radius 1 is 1.43 bits per heavy atom. The van der Waals surface area contributed by atoms with Gasteiger partial charge >= 0.3 is 0 Å². The lowest BCUT2D eigenvalue weighted by Gasteiger charge is -2.25. The number of nitrogens with one attached hydrogen (secondary N) is 1. The third kappa shape index (κ3) is 5.58. The van der Waals surface area contributed by atoms with Gasteiger partial charge in [-0.05, 0) is 45.4 Å². The Bertz CT molecular complexity index is 553. The van der Waals surface area contributed by atoms with E-state index < -0.39 is 5.60 Å². The van der Waals surface area contributed by atoms with E-state index in [2.05, 4.69) is 17.2 Å². The highest BCUT2D eigenvalue weighted by Gasteiger charge is 2.19. The Labute approximate surface area is 126 Å². The first-order chi connectivity index (χ1) is 9.89. The molecule has 4 heteroatoms. The zero-order valence-corrected chi connectivity index (χ0v) is 13.1. The van der Waals surface area contributed by atoms with Crippen LogP contribution >= 0.6 is 0 Å². The standard InChI is InChI=1S/C17H23NO3/c1-5-21-17(3,4)12-18-16(20)15-11-14(7-6-10-19)9-8-13(15)2/h8-9,11,19H,5,10,12H2,1-4H3,(H,18,20).